The molecule has 0 spiro atoms. The van der Waals surface area contributed by atoms with Gasteiger partial charge >= 0.3 is 0 Å². The van der Waals surface area contributed by atoms with Crippen molar-refractivity contribution in [1.29, 1.82) is 0 Å². The molecule has 1 aromatic carbocycles. The van der Waals surface area contributed by atoms with Gasteiger partial charge in [-0.05, 0) is 43.4 Å². The van der Waals surface area contributed by atoms with Gasteiger partial charge in [0.15, 0.2) is 11.5 Å². The SMILES string of the molecule is C=CCn1c(=O)c2cnc(Nc3ccc(N4CCN(C)CC4)cc3)nc2n1-c1cccc(N2CCOCC2)n1. The number of fused-ring (bicyclic) bond motifs is 1. The summed E-state index contributed by atoms with van der Waals surface area (Å²) in [5.41, 5.74) is 2.37. The van der Waals surface area contributed by atoms with Crippen LogP contribution in [-0.2, 0) is 11.3 Å². The van der Waals surface area contributed by atoms with Crippen LogP contribution in [0.3, 0.4) is 0 Å². The summed E-state index contributed by atoms with van der Waals surface area (Å²) >= 11 is 0. The van der Waals surface area contributed by atoms with E-state index in [-0.39, 0.29) is 5.56 Å². The Bertz CT molecular complexity index is 1510. The molecule has 0 radical (unpaired) electrons. The standard InChI is InChI=1S/C28H33N9O2/c1-3-11-36-27(38)23-20-29-28(30-21-7-9-22(10-8-21)34-14-12-33(2)13-15-34)32-26(23)37(36)25-6-4-5-24(31-25)35-16-18-39-19-17-35/h3-10,20H,1,11-19H2,2H3,(H,29,30,32). The van der Waals surface area contributed by atoms with Gasteiger partial charge in [0.1, 0.15) is 11.2 Å². The van der Waals surface area contributed by atoms with Crippen LogP contribution in [0.15, 0.2) is 66.1 Å². The highest BCUT2D eigenvalue weighted by atomic mass is 16.5. The van der Waals surface area contributed by atoms with Crippen molar-refractivity contribution in [3.63, 3.8) is 0 Å². The third kappa shape index (κ3) is 5.10. The summed E-state index contributed by atoms with van der Waals surface area (Å²) in [4.78, 5) is 34.3. The maximum Gasteiger partial charge on any atom is 0.278 e. The lowest BCUT2D eigenvalue weighted by atomic mass is 10.2. The maximum atomic E-state index is 13.3. The van der Waals surface area contributed by atoms with E-state index in [1.165, 1.54) is 5.69 Å². The molecule has 2 fully saturated rings. The van der Waals surface area contributed by atoms with Crippen molar-refractivity contribution >= 4 is 34.2 Å². The number of allylic oxidation sites excluding steroid dienone is 1. The Hall–Kier alpha value is -4.22. The van der Waals surface area contributed by atoms with Gasteiger partial charge in [-0.25, -0.2) is 19.3 Å². The van der Waals surface area contributed by atoms with E-state index >= 15 is 0 Å². The molecule has 4 aromatic rings. The Morgan fingerprint density at radius 2 is 1.69 bits per heavy atom. The summed E-state index contributed by atoms with van der Waals surface area (Å²) in [5, 5.41) is 3.72. The first-order valence-electron chi connectivity index (χ1n) is 13.3. The normalized spacial score (nSPS) is 16.5. The first-order valence-corrected chi connectivity index (χ1v) is 13.3. The minimum absolute atomic E-state index is 0.188. The lowest BCUT2D eigenvalue weighted by Gasteiger charge is -2.34. The van der Waals surface area contributed by atoms with Crippen molar-refractivity contribution < 1.29 is 4.74 Å². The van der Waals surface area contributed by atoms with Gasteiger partial charge in [-0.15, -0.1) is 6.58 Å². The van der Waals surface area contributed by atoms with Crippen LogP contribution in [0, 0.1) is 0 Å². The first-order chi connectivity index (χ1) is 19.1. The zero-order valence-corrected chi connectivity index (χ0v) is 22.2. The topological polar surface area (TPSA) is 96.6 Å². The van der Waals surface area contributed by atoms with Gasteiger partial charge in [0.05, 0.1) is 19.8 Å². The number of nitrogens with one attached hydrogen (secondary N) is 1. The van der Waals surface area contributed by atoms with Crippen molar-refractivity contribution in [3.05, 3.63) is 71.7 Å². The van der Waals surface area contributed by atoms with E-state index in [4.69, 9.17) is 14.7 Å². The monoisotopic (exact) mass is 527 g/mol. The predicted octanol–water partition coefficient (Wildman–Crippen LogP) is 2.50. The zero-order valence-electron chi connectivity index (χ0n) is 22.2. The van der Waals surface area contributed by atoms with E-state index < -0.39 is 0 Å². The molecule has 0 amide bonds. The second-order valence-electron chi connectivity index (χ2n) is 9.83. The van der Waals surface area contributed by atoms with Crippen molar-refractivity contribution in [2.24, 2.45) is 0 Å². The van der Waals surface area contributed by atoms with Crippen LogP contribution in [0.5, 0.6) is 0 Å². The maximum absolute atomic E-state index is 13.3. The Balaban J connectivity index is 1.32. The third-order valence-electron chi connectivity index (χ3n) is 7.24. The number of aromatic nitrogens is 5. The first kappa shape index (κ1) is 25.1. The number of pyridine rings is 1. The van der Waals surface area contributed by atoms with Crippen LogP contribution in [0.25, 0.3) is 16.9 Å². The van der Waals surface area contributed by atoms with Crippen molar-refractivity contribution in [2.45, 2.75) is 6.54 Å². The molecule has 2 aliphatic rings. The Kier molecular flexibility index (Phi) is 6.99. The molecular formula is C28H33N9O2. The van der Waals surface area contributed by atoms with Crippen molar-refractivity contribution in [2.75, 3.05) is 74.6 Å². The Morgan fingerprint density at radius 1 is 0.949 bits per heavy atom. The van der Waals surface area contributed by atoms with E-state index in [1.54, 1.807) is 21.6 Å². The number of nitrogens with zero attached hydrogens (tertiary/aromatic N) is 8. The Labute approximate surface area is 226 Å². The summed E-state index contributed by atoms with van der Waals surface area (Å²) in [6.07, 6.45) is 3.27. The highest BCUT2D eigenvalue weighted by Gasteiger charge is 2.20. The number of benzene rings is 1. The van der Waals surface area contributed by atoms with Crippen LogP contribution >= 0.6 is 0 Å². The number of morpholine rings is 1. The highest BCUT2D eigenvalue weighted by Crippen LogP contribution is 2.23. The second-order valence-corrected chi connectivity index (χ2v) is 9.83. The van der Waals surface area contributed by atoms with E-state index in [0.717, 1.165) is 50.8 Å². The molecule has 1 N–H and O–H groups in total. The van der Waals surface area contributed by atoms with E-state index in [1.807, 2.05) is 30.3 Å². The molecule has 5 heterocycles. The molecule has 39 heavy (non-hydrogen) atoms. The number of likely N-dealkylation sites (N-methyl/N-ethyl adjacent to an activating group) is 1. The highest BCUT2D eigenvalue weighted by molar-refractivity contribution is 5.77. The lowest BCUT2D eigenvalue weighted by molar-refractivity contribution is 0.122. The molecule has 11 nitrogen and oxygen atoms in total. The average Bonchev–Trinajstić information content (AvgIpc) is 3.25. The summed E-state index contributed by atoms with van der Waals surface area (Å²) in [7, 11) is 2.16. The second kappa shape index (κ2) is 10.9. The molecule has 3 aromatic heterocycles. The number of anilines is 4. The molecule has 6 rings (SSSR count). The van der Waals surface area contributed by atoms with Crippen LogP contribution < -0.4 is 20.7 Å². The molecule has 0 aliphatic carbocycles. The molecule has 0 unspecified atom stereocenters. The van der Waals surface area contributed by atoms with E-state index in [0.29, 0.717) is 42.6 Å². The van der Waals surface area contributed by atoms with Gasteiger partial charge in [0.25, 0.3) is 5.56 Å². The summed E-state index contributed by atoms with van der Waals surface area (Å²) in [6.45, 7) is 11.2. The van der Waals surface area contributed by atoms with Crippen LogP contribution in [0.2, 0.25) is 0 Å². The lowest BCUT2D eigenvalue weighted by Crippen LogP contribution is -2.44. The molecule has 2 aliphatic heterocycles. The molecule has 2 saturated heterocycles. The van der Waals surface area contributed by atoms with Gasteiger partial charge in [-0.1, -0.05) is 12.1 Å². The fourth-order valence-corrected chi connectivity index (χ4v) is 5.06. The molecular weight excluding hydrogens is 494 g/mol. The quantitative estimate of drug-likeness (QED) is 0.364. The van der Waals surface area contributed by atoms with Crippen molar-refractivity contribution in [3.8, 4) is 5.82 Å². The number of hydrogen-bond donors (Lipinski definition) is 1. The molecule has 202 valence electrons. The molecule has 0 atom stereocenters. The van der Waals surface area contributed by atoms with Gasteiger partial charge in [-0.3, -0.25) is 4.79 Å². The fraction of sp³-hybridized carbons (Fsp3) is 0.357. The Morgan fingerprint density at radius 3 is 2.44 bits per heavy atom. The number of piperazine rings is 1. The van der Waals surface area contributed by atoms with Gasteiger partial charge < -0.3 is 24.8 Å². The zero-order chi connectivity index (χ0) is 26.8. The average molecular weight is 528 g/mol. The van der Waals surface area contributed by atoms with Gasteiger partial charge in [0, 0.05) is 56.8 Å². The van der Waals surface area contributed by atoms with Gasteiger partial charge in [-0.2, -0.15) is 4.98 Å². The molecule has 11 heteroatoms. The summed E-state index contributed by atoms with van der Waals surface area (Å²) < 4.78 is 8.84. The number of rotatable bonds is 7. The third-order valence-corrected chi connectivity index (χ3v) is 7.24. The van der Waals surface area contributed by atoms with E-state index in [9.17, 15) is 4.79 Å². The van der Waals surface area contributed by atoms with Crippen molar-refractivity contribution in [1.82, 2.24) is 29.2 Å². The van der Waals surface area contributed by atoms with Gasteiger partial charge in [0.2, 0.25) is 5.95 Å². The number of ether oxygens (including phenoxy) is 1. The molecule has 0 bridgehead atoms. The largest absolute Gasteiger partial charge is 0.378 e. The van der Waals surface area contributed by atoms with Crippen LogP contribution in [0.4, 0.5) is 23.1 Å². The molecule has 0 saturated carbocycles. The predicted molar refractivity (Wildman–Crippen MR) is 154 cm³/mol. The smallest absolute Gasteiger partial charge is 0.278 e. The number of hydrogen-bond acceptors (Lipinski definition) is 9. The minimum Gasteiger partial charge on any atom is -0.378 e. The fourth-order valence-electron chi connectivity index (χ4n) is 5.06. The van der Waals surface area contributed by atoms with Crippen LogP contribution in [0.1, 0.15) is 0 Å². The van der Waals surface area contributed by atoms with E-state index in [2.05, 4.69) is 50.8 Å². The summed E-state index contributed by atoms with van der Waals surface area (Å²) in [6, 6.07) is 14.1. The minimum atomic E-state index is -0.188. The van der Waals surface area contributed by atoms with Crippen LogP contribution in [-0.4, -0.2) is 88.7 Å². The summed E-state index contributed by atoms with van der Waals surface area (Å²) in [5.74, 6) is 1.85.